The average molecular weight is 282 g/mol. The van der Waals surface area contributed by atoms with Crippen LogP contribution in [-0.4, -0.2) is 35.4 Å². The van der Waals surface area contributed by atoms with Gasteiger partial charge in [-0.25, -0.2) is 4.98 Å². The maximum Gasteiger partial charge on any atom is 0.267 e. The van der Waals surface area contributed by atoms with Gasteiger partial charge in [-0.05, 0) is 25.2 Å². The molecule has 0 aromatic carbocycles. The van der Waals surface area contributed by atoms with E-state index in [1.165, 1.54) is 24.2 Å². The molecule has 0 saturated heterocycles. The molecule has 1 fully saturated rings. The first-order chi connectivity index (χ1) is 8.97. The molecule has 1 aliphatic rings. The van der Waals surface area contributed by atoms with Crippen LogP contribution in [0.2, 0.25) is 0 Å². The highest BCUT2D eigenvalue weighted by atomic mass is 32.1. The lowest BCUT2D eigenvalue weighted by molar-refractivity contribution is 0.0794. The molecule has 1 aliphatic carbocycles. The molecule has 19 heavy (non-hydrogen) atoms. The van der Waals surface area contributed by atoms with Gasteiger partial charge in [-0.2, -0.15) is 0 Å². The molecule has 0 aliphatic heterocycles. The van der Waals surface area contributed by atoms with Gasteiger partial charge in [0.2, 0.25) is 0 Å². The molecule has 1 aromatic heterocycles. The Kier molecular flexibility index (Phi) is 4.29. The standard InChI is InChI=1S/C13H22N4OS/c1-8(2)6-7-17(3)12(18)10-11(14)16-13(19-10)15-9-4-5-9/h8-9H,4-7,14H2,1-3H3,(H,15,16). The zero-order valence-corrected chi connectivity index (χ0v) is 12.6. The lowest BCUT2D eigenvalue weighted by Crippen LogP contribution is -2.28. The third kappa shape index (κ3) is 3.83. The van der Waals surface area contributed by atoms with Gasteiger partial charge < -0.3 is 16.0 Å². The molecular weight excluding hydrogens is 260 g/mol. The topological polar surface area (TPSA) is 71.2 Å². The van der Waals surface area contributed by atoms with Gasteiger partial charge in [0.1, 0.15) is 10.7 Å². The summed E-state index contributed by atoms with van der Waals surface area (Å²) >= 11 is 1.36. The van der Waals surface area contributed by atoms with Crippen LogP contribution in [0, 0.1) is 5.92 Å². The van der Waals surface area contributed by atoms with Crippen molar-refractivity contribution < 1.29 is 4.79 Å². The van der Waals surface area contributed by atoms with Gasteiger partial charge in [0.25, 0.3) is 5.91 Å². The number of rotatable bonds is 6. The molecular formula is C13H22N4OS. The summed E-state index contributed by atoms with van der Waals surface area (Å²) in [5.41, 5.74) is 5.84. The van der Waals surface area contributed by atoms with Gasteiger partial charge in [0, 0.05) is 19.6 Å². The van der Waals surface area contributed by atoms with Crippen LogP contribution in [0.3, 0.4) is 0 Å². The van der Waals surface area contributed by atoms with Gasteiger partial charge in [-0.1, -0.05) is 25.2 Å². The fourth-order valence-electron chi connectivity index (χ4n) is 1.68. The average Bonchev–Trinajstić information content (AvgIpc) is 3.08. The van der Waals surface area contributed by atoms with E-state index in [1.807, 2.05) is 7.05 Å². The molecule has 0 radical (unpaired) electrons. The molecule has 0 spiro atoms. The molecule has 0 bridgehead atoms. The van der Waals surface area contributed by atoms with E-state index in [4.69, 9.17) is 5.73 Å². The lowest BCUT2D eigenvalue weighted by Gasteiger charge is -2.17. The number of amides is 1. The van der Waals surface area contributed by atoms with Crippen LogP contribution in [0.25, 0.3) is 0 Å². The Hall–Kier alpha value is -1.30. The molecule has 0 atom stereocenters. The van der Waals surface area contributed by atoms with Crippen molar-refractivity contribution in [1.29, 1.82) is 0 Å². The van der Waals surface area contributed by atoms with Crippen molar-refractivity contribution in [2.45, 2.75) is 39.2 Å². The van der Waals surface area contributed by atoms with E-state index in [-0.39, 0.29) is 5.91 Å². The minimum Gasteiger partial charge on any atom is -0.382 e. The summed E-state index contributed by atoms with van der Waals surface area (Å²) < 4.78 is 0. The SMILES string of the molecule is CC(C)CCN(C)C(=O)c1sc(NC2CC2)nc1N. The maximum absolute atomic E-state index is 12.3. The number of carbonyl (C=O) groups is 1. The summed E-state index contributed by atoms with van der Waals surface area (Å²) in [6, 6.07) is 0.521. The summed E-state index contributed by atoms with van der Waals surface area (Å²) in [7, 11) is 1.82. The Morgan fingerprint density at radius 1 is 1.58 bits per heavy atom. The van der Waals surface area contributed by atoms with Crippen LogP contribution in [0.4, 0.5) is 10.9 Å². The number of aromatic nitrogens is 1. The van der Waals surface area contributed by atoms with Gasteiger partial charge in [0.05, 0.1) is 0 Å². The van der Waals surface area contributed by atoms with Crippen molar-refractivity contribution in [2.24, 2.45) is 5.92 Å². The predicted molar refractivity (Wildman–Crippen MR) is 79.6 cm³/mol. The molecule has 3 N–H and O–H groups in total. The van der Waals surface area contributed by atoms with E-state index >= 15 is 0 Å². The second kappa shape index (κ2) is 5.77. The number of nitrogens with two attached hydrogens (primary N) is 1. The summed E-state index contributed by atoms with van der Waals surface area (Å²) in [6.07, 6.45) is 3.35. The highest BCUT2D eigenvalue weighted by molar-refractivity contribution is 7.18. The molecule has 106 valence electrons. The van der Waals surface area contributed by atoms with Gasteiger partial charge in [0.15, 0.2) is 5.13 Å². The molecule has 1 heterocycles. The third-order valence-corrected chi connectivity index (χ3v) is 4.13. The third-order valence-electron chi connectivity index (χ3n) is 3.14. The van der Waals surface area contributed by atoms with Gasteiger partial charge in [-0.3, -0.25) is 4.79 Å². The van der Waals surface area contributed by atoms with Crippen molar-refractivity contribution in [3.8, 4) is 0 Å². The van der Waals surface area contributed by atoms with Crippen LogP contribution < -0.4 is 11.1 Å². The first-order valence-corrected chi connectivity index (χ1v) is 7.57. The summed E-state index contributed by atoms with van der Waals surface area (Å²) in [5, 5.41) is 4.04. The minimum atomic E-state index is -0.0282. The van der Waals surface area contributed by atoms with Crippen LogP contribution in [0.15, 0.2) is 0 Å². The van der Waals surface area contributed by atoms with Crippen LogP contribution in [-0.2, 0) is 0 Å². The number of hydrogen-bond acceptors (Lipinski definition) is 5. The largest absolute Gasteiger partial charge is 0.382 e. The molecule has 1 aromatic rings. The molecule has 5 nitrogen and oxygen atoms in total. The Balaban J connectivity index is 1.98. The molecule has 1 amide bonds. The second-order valence-corrected chi connectivity index (χ2v) is 6.56. The smallest absolute Gasteiger partial charge is 0.267 e. The number of anilines is 2. The number of nitrogens with zero attached hydrogens (tertiary/aromatic N) is 2. The number of nitrogen functional groups attached to an aromatic ring is 1. The number of nitrogens with one attached hydrogen (secondary N) is 1. The Labute approximate surface area is 118 Å². The number of carbonyl (C=O) groups excluding carboxylic acids is 1. The van der Waals surface area contributed by atoms with E-state index in [0.29, 0.717) is 22.7 Å². The van der Waals surface area contributed by atoms with E-state index < -0.39 is 0 Å². The minimum absolute atomic E-state index is 0.0282. The second-order valence-electron chi connectivity index (χ2n) is 5.56. The molecule has 2 rings (SSSR count). The number of hydrogen-bond donors (Lipinski definition) is 2. The fourth-order valence-corrected chi connectivity index (χ4v) is 2.63. The van der Waals surface area contributed by atoms with E-state index in [2.05, 4.69) is 24.1 Å². The van der Waals surface area contributed by atoms with Crippen LogP contribution in [0.5, 0.6) is 0 Å². The van der Waals surface area contributed by atoms with Crippen molar-refractivity contribution in [3.05, 3.63) is 4.88 Å². The highest BCUT2D eigenvalue weighted by Gasteiger charge is 2.25. The highest BCUT2D eigenvalue weighted by Crippen LogP contribution is 2.31. The molecule has 6 heteroatoms. The summed E-state index contributed by atoms with van der Waals surface area (Å²) in [6.45, 7) is 5.05. The summed E-state index contributed by atoms with van der Waals surface area (Å²) in [4.78, 5) is 18.8. The van der Waals surface area contributed by atoms with Crippen molar-refractivity contribution >= 4 is 28.2 Å². The lowest BCUT2D eigenvalue weighted by atomic mass is 10.1. The van der Waals surface area contributed by atoms with Crippen LogP contribution in [0.1, 0.15) is 42.8 Å². The molecule has 0 unspecified atom stereocenters. The van der Waals surface area contributed by atoms with Gasteiger partial charge in [-0.15, -0.1) is 0 Å². The first-order valence-electron chi connectivity index (χ1n) is 6.75. The summed E-state index contributed by atoms with van der Waals surface area (Å²) in [5.74, 6) is 0.898. The normalized spacial score (nSPS) is 14.7. The zero-order chi connectivity index (χ0) is 14.0. The Morgan fingerprint density at radius 3 is 2.84 bits per heavy atom. The quantitative estimate of drug-likeness (QED) is 0.840. The van der Waals surface area contributed by atoms with Gasteiger partial charge >= 0.3 is 0 Å². The van der Waals surface area contributed by atoms with Crippen molar-refractivity contribution in [1.82, 2.24) is 9.88 Å². The predicted octanol–water partition coefficient (Wildman–Crippen LogP) is 2.42. The first kappa shape index (κ1) is 14.1. The molecule has 1 saturated carbocycles. The fraction of sp³-hybridized carbons (Fsp3) is 0.692. The van der Waals surface area contributed by atoms with E-state index in [1.54, 1.807) is 4.90 Å². The Morgan fingerprint density at radius 2 is 2.26 bits per heavy atom. The van der Waals surface area contributed by atoms with Crippen molar-refractivity contribution in [3.63, 3.8) is 0 Å². The Bertz CT molecular complexity index is 453. The zero-order valence-electron chi connectivity index (χ0n) is 11.8. The monoisotopic (exact) mass is 282 g/mol. The number of thiazole rings is 1. The van der Waals surface area contributed by atoms with E-state index in [9.17, 15) is 4.79 Å². The van der Waals surface area contributed by atoms with Crippen LogP contribution >= 0.6 is 11.3 Å². The van der Waals surface area contributed by atoms with Crippen molar-refractivity contribution in [2.75, 3.05) is 24.6 Å². The van der Waals surface area contributed by atoms with E-state index in [0.717, 1.165) is 18.1 Å². The maximum atomic E-state index is 12.3.